The van der Waals surface area contributed by atoms with Crippen molar-refractivity contribution in [1.29, 1.82) is 0 Å². The third-order valence-corrected chi connectivity index (χ3v) is 3.23. The van der Waals surface area contributed by atoms with Crippen LogP contribution in [0.1, 0.15) is 16.7 Å². The molecule has 1 aromatic heterocycles. The van der Waals surface area contributed by atoms with Crippen molar-refractivity contribution in [1.82, 2.24) is 4.98 Å². The van der Waals surface area contributed by atoms with E-state index in [4.69, 9.17) is 0 Å². The Morgan fingerprint density at radius 1 is 1.22 bits per heavy atom. The monoisotopic (exact) mass is 240 g/mol. The van der Waals surface area contributed by atoms with E-state index in [2.05, 4.69) is 10.3 Å². The van der Waals surface area contributed by atoms with Gasteiger partial charge in [0.15, 0.2) is 5.60 Å². The molecule has 2 heterocycles. The van der Waals surface area contributed by atoms with Gasteiger partial charge in [0.1, 0.15) is 5.82 Å². The molecule has 2 aromatic rings. The van der Waals surface area contributed by atoms with Crippen molar-refractivity contribution in [2.24, 2.45) is 0 Å². The molecule has 0 saturated heterocycles. The lowest BCUT2D eigenvalue weighted by atomic mass is 9.88. The maximum Gasteiger partial charge on any atom is 0.267 e. The zero-order valence-electron chi connectivity index (χ0n) is 9.84. The van der Waals surface area contributed by atoms with Gasteiger partial charge < -0.3 is 10.4 Å². The van der Waals surface area contributed by atoms with Gasteiger partial charge in [0, 0.05) is 11.8 Å². The third-order valence-electron chi connectivity index (χ3n) is 3.23. The molecule has 4 heteroatoms. The molecule has 0 radical (unpaired) electrons. The lowest BCUT2D eigenvalue weighted by molar-refractivity contribution is -0.129. The first kappa shape index (κ1) is 10.9. The molecule has 0 fully saturated rings. The van der Waals surface area contributed by atoms with Crippen LogP contribution in [0, 0.1) is 6.92 Å². The summed E-state index contributed by atoms with van der Waals surface area (Å²) in [7, 11) is 0. The molecule has 0 aliphatic carbocycles. The van der Waals surface area contributed by atoms with Crippen LogP contribution in [0.3, 0.4) is 0 Å². The largest absolute Gasteiger partial charge is 0.372 e. The molecule has 18 heavy (non-hydrogen) atoms. The molecule has 1 unspecified atom stereocenters. The summed E-state index contributed by atoms with van der Waals surface area (Å²) in [6.45, 7) is 1.96. The molecule has 1 amide bonds. The number of rotatable bonds is 1. The SMILES string of the molecule is Cc1ccc(C2(O)C(=O)Nc3ncccc32)cc1. The van der Waals surface area contributed by atoms with Crippen molar-refractivity contribution in [3.05, 3.63) is 59.3 Å². The Bertz CT molecular complexity index is 622. The standard InChI is InChI=1S/C14H12N2O2/c1-9-4-6-10(7-5-9)14(18)11-3-2-8-15-12(11)16-13(14)17/h2-8,18H,1H3,(H,15,16,17). The quantitative estimate of drug-likeness (QED) is 0.795. The predicted octanol–water partition coefficient (Wildman–Crippen LogP) is 1.58. The van der Waals surface area contributed by atoms with Crippen LogP contribution in [0.4, 0.5) is 5.82 Å². The lowest BCUT2D eigenvalue weighted by Crippen LogP contribution is -2.35. The summed E-state index contributed by atoms with van der Waals surface area (Å²) in [5.74, 6) is -0.0365. The smallest absolute Gasteiger partial charge is 0.267 e. The Morgan fingerprint density at radius 3 is 2.67 bits per heavy atom. The third kappa shape index (κ3) is 1.36. The van der Waals surface area contributed by atoms with Gasteiger partial charge in [-0.2, -0.15) is 0 Å². The van der Waals surface area contributed by atoms with Gasteiger partial charge in [0.05, 0.1) is 0 Å². The van der Waals surface area contributed by atoms with Crippen LogP contribution in [0.25, 0.3) is 0 Å². The van der Waals surface area contributed by atoms with E-state index < -0.39 is 11.5 Å². The molecule has 3 rings (SSSR count). The number of carbonyl (C=O) groups excluding carboxylic acids is 1. The van der Waals surface area contributed by atoms with Crippen LogP contribution >= 0.6 is 0 Å². The second-order valence-electron chi connectivity index (χ2n) is 4.43. The number of nitrogens with zero attached hydrogens (tertiary/aromatic N) is 1. The number of aliphatic hydroxyl groups is 1. The van der Waals surface area contributed by atoms with Gasteiger partial charge in [-0.05, 0) is 24.6 Å². The van der Waals surface area contributed by atoms with E-state index in [1.807, 2.05) is 19.1 Å². The maximum atomic E-state index is 12.0. The highest BCUT2D eigenvalue weighted by Gasteiger charge is 2.47. The number of aromatic nitrogens is 1. The summed E-state index contributed by atoms with van der Waals surface area (Å²) in [4.78, 5) is 16.1. The molecular weight excluding hydrogens is 228 g/mol. The summed E-state index contributed by atoms with van der Waals surface area (Å²) < 4.78 is 0. The number of hydrogen-bond acceptors (Lipinski definition) is 3. The van der Waals surface area contributed by atoms with Crippen molar-refractivity contribution in [3.63, 3.8) is 0 Å². The van der Waals surface area contributed by atoms with Crippen molar-refractivity contribution < 1.29 is 9.90 Å². The molecule has 4 nitrogen and oxygen atoms in total. The van der Waals surface area contributed by atoms with Crippen molar-refractivity contribution >= 4 is 11.7 Å². The summed E-state index contributed by atoms with van der Waals surface area (Å²) in [5, 5.41) is 13.3. The molecule has 0 bridgehead atoms. The fraction of sp³-hybridized carbons (Fsp3) is 0.143. The number of benzene rings is 1. The molecule has 90 valence electrons. The van der Waals surface area contributed by atoms with Gasteiger partial charge in [-0.25, -0.2) is 4.98 Å². The van der Waals surface area contributed by atoms with Gasteiger partial charge >= 0.3 is 0 Å². The minimum atomic E-state index is -1.64. The van der Waals surface area contributed by atoms with E-state index >= 15 is 0 Å². The Kier molecular flexibility index (Phi) is 2.21. The van der Waals surface area contributed by atoms with Crippen LogP contribution in [0.2, 0.25) is 0 Å². The molecule has 1 aliphatic heterocycles. The van der Waals surface area contributed by atoms with Crippen LogP contribution in [-0.4, -0.2) is 16.0 Å². The molecule has 2 N–H and O–H groups in total. The van der Waals surface area contributed by atoms with E-state index in [0.29, 0.717) is 16.9 Å². The van der Waals surface area contributed by atoms with Gasteiger partial charge in [0.25, 0.3) is 5.91 Å². The first-order valence-corrected chi connectivity index (χ1v) is 5.69. The second kappa shape index (κ2) is 3.65. The van der Waals surface area contributed by atoms with Crippen molar-refractivity contribution in [2.75, 3.05) is 5.32 Å². The molecule has 1 aliphatic rings. The molecule has 0 saturated carbocycles. The lowest BCUT2D eigenvalue weighted by Gasteiger charge is -2.21. The zero-order valence-corrected chi connectivity index (χ0v) is 9.84. The average molecular weight is 240 g/mol. The first-order chi connectivity index (χ1) is 8.62. The highest BCUT2D eigenvalue weighted by molar-refractivity contribution is 6.06. The second-order valence-corrected chi connectivity index (χ2v) is 4.43. The topological polar surface area (TPSA) is 62.2 Å². The molecule has 1 atom stereocenters. The fourth-order valence-electron chi connectivity index (χ4n) is 2.20. The van der Waals surface area contributed by atoms with E-state index in [9.17, 15) is 9.90 Å². The van der Waals surface area contributed by atoms with Crippen LogP contribution in [0.15, 0.2) is 42.6 Å². The minimum Gasteiger partial charge on any atom is -0.372 e. The van der Waals surface area contributed by atoms with Gasteiger partial charge in [-0.3, -0.25) is 4.79 Å². The number of aryl methyl sites for hydroxylation is 1. The van der Waals surface area contributed by atoms with Crippen molar-refractivity contribution in [3.8, 4) is 0 Å². The molecule has 0 spiro atoms. The van der Waals surface area contributed by atoms with Crippen molar-refractivity contribution in [2.45, 2.75) is 12.5 Å². The van der Waals surface area contributed by atoms with Gasteiger partial charge in [-0.1, -0.05) is 29.8 Å². The van der Waals surface area contributed by atoms with E-state index in [-0.39, 0.29) is 0 Å². The summed E-state index contributed by atoms with van der Waals surface area (Å²) >= 11 is 0. The number of anilines is 1. The zero-order chi connectivity index (χ0) is 12.8. The summed E-state index contributed by atoms with van der Waals surface area (Å²) in [5.41, 5.74) is 0.487. The predicted molar refractivity (Wildman–Crippen MR) is 67.0 cm³/mol. The number of carbonyl (C=O) groups is 1. The normalized spacial score (nSPS) is 21.6. The Hall–Kier alpha value is -2.20. The fourth-order valence-corrected chi connectivity index (χ4v) is 2.20. The highest BCUT2D eigenvalue weighted by atomic mass is 16.3. The molecule has 1 aromatic carbocycles. The van der Waals surface area contributed by atoms with E-state index in [1.54, 1.807) is 30.5 Å². The first-order valence-electron chi connectivity index (χ1n) is 5.69. The summed E-state index contributed by atoms with van der Waals surface area (Å²) in [6, 6.07) is 10.7. The van der Waals surface area contributed by atoms with Crippen LogP contribution in [0.5, 0.6) is 0 Å². The number of nitrogens with one attached hydrogen (secondary N) is 1. The van der Waals surface area contributed by atoms with E-state index in [1.165, 1.54) is 0 Å². The van der Waals surface area contributed by atoms with Crippen LogP contribution in [-0.2, 0) is 10.4 Å². The van der Waals surface area contributed by atoms with Gasteiger partial charge in [0.2, 0.25) is 0 Å². The Morgan fingerprint density at radius 2 is 1.94 bits per heavy atom. The van der Waals surface area contributed by atoms with E-state index in [0.717, 1.165) is 5.56 Å². The van der Waals surface area contributed by atoms with Gasteiger partial charge in [-0.15, -0.1) is 0 Å². The average Bonchev–Trinajstić information content (AvgIpc) is 2.64. The van der Waals surface area contributed by atoms with Crippen LogP contribution < -0.4 is 5.32 Å². The summed E-state index contributed by atoms with van der Waals surface area (Å²) in [6.07, 6.45) is 1.58. The Balaban J connectivity index is 2.20. The molecular formula is C14H12N2O2. The number of fused-ring (bicyclic) bond motifs is 1. The highest BCUT2D eigenvalue weighted by Crippen LogP contribution is 2.39. The number of pyridine rings is 1. The minimum absolute atomic E-state index is 0.422. The Labute approximate surface area is 104 Å². The number of amides is 1. The maximum absolute atomic E-state index is 12.0. The number of hydrogen-bond donors (Lipinski definition) is 2.